The van der Waals surface area contributed by atoms with Crippen LogP contribution >= 0.6 is 0 Å². The van der Waals surface area contributed by atoms with Crippen LogP contribution < -0.4 is 10.0 Å². The Morgan fingerprint density at radius 2 is 1.78 bits per heavy atom. The predicted molar refractivity (Wildman–Crippen MR) is 104 cm³/mol. The van der Waals surface area contributed by atoms with Gasteiger partial charge in [-0.2, -0.15) is 0 Å². The minimum atomic E-state index is -3.65. The summed E-state index contributed by atoms with van der Waals surface area (Å²) in [5.41, 5.74) is 1.18. The van der Waals surface area contributed by atoms with E-state index in [-0.39, 0.29) is 22.2 Å². The molecule has 0 aliphatic heterocycles. The summed E-state index contributed by atoms with van der Waals surface area (Å²) in [4.78, 5) is 12.4. The lowest BCUT2D eigenvalue weighted by Gasteiger charge is -2.10. The largest absolute Gasteiger partial charge is 0.352 e. The highest BCUT2D eigenvalue weighted by Gasteiger charge is 2.16. The molecule has 5 nitrogen and oxygen atoms in total. The van der Waals surface area contributed by atoms with E-state index in [1.165, 1.54) is 24.3 Å². The van der Waals surface area contributed by atoms with Crippen molar-refractivity contribution in [3.8, 4) is 0 Å². The zero-order valence-electron chi connectivity index (χ0n) is 15.5. The Hall–Kier alpha value is -2.25. The van der Waals surface area contributed by atoms with Crippen LogP contribution in [0.5, 0.6) is 0 Å². The van der Waals surface area contributed by atoms with Gasteiger partial charge in [-0.15, -0.1) is 0 Å². The van der Waals surface area contributed by atoms with E-state index >= 15 is 0 Å². The first-order valence-electron chi connectivity index (χ1n) is 8.90. The van der Waals surface area contributed by atoms with Crippen molar-refractivity contribution < 1.29 is 17.6 Å². The second kappa shape index (κ2) is 9.62. The van der Waals surface area contributed by atoms with Gasteiger partial charge in [0.15, 0.2) is 0 Å². The molecule has 27 heavy (non-hydrogen) atoms. The third kappa shape index (κ3) is 6.77. The molecule has 2 rings (SSSR count). The molecule has 2 aromatic rings. The van der Waals surface area contributed by atoms with Crippen molar-refractivity contribution in [1.29, 1.82) is 0 Å². The first-order valence-corrected chi connectivity index (χ1v) is 10.4. The molecule has 0 bridgehead atoms. The summed E-state index contributed by atoms with van der Waals surface area (Å²) in [6.07, 6.45) is 1.30. The Bertz CT molecular complexity index is 865. The van der Waals surface area contributed by atoms with Gasteiger partial charge in [0.1, 0.15) is 5.82 Å². The molecule has 0 unspecified atom stereocenters. The van der Waals surface area contributed by atoms with Crippen LogP contribution in [-0.4, -0.2) is 27.4 Å². The fraction of sp³-hybridized carbons (Fsp3) is 0.350. The molecule has 0 heterocycles. The van der Waals surface area contributed by atoms with Crippen LogP contribution in [0.15, 0.2) is 53.4 Å². The molecular weight excluding hydrogens is 367 g/mol. The molecule has 0 radical (unpaired) electrons. The number of amides is 1. The van der Waals surface area contributed by atoms with Crippen LogP contribution in [0, 0.1) is 11.7 Å². The number of benzene rings is 2. The SMILES string of the molecule is CC(C)CCNS(=O)(=O)c1cccc(C(=O)NCCc2ccc(F)cc2)c1. The van der Waals surface area contributed by atoms with Gasteiger partial charge in [-0.25, -0.2) is 17.5 Å². The fourth-order valence-electron chi connectivity index (χ4n) is 2.44. The molecule has 0 spiro atoms. The minimum Gasteiger partial charge on any atom is -0.352 e. The number of hydrogen-bond donors (Lipinski definition) is 2. The lowest BCUT2D eigenvalue weighted by molar-refractivity contribution is 0.0954. The highest BCUT2D eigenvalue weighted by molar-refractivity contribution is 7.89. The summed E-state index contributed by atoms with van der Waals surface area (Å²) < 4.78 is 40.1. The molecular formula is C20H25FN2O3S. The minimum absolute atomic E-state index is 0.0671. The van der Waals surface area contributed by atoms with Crippen molar-refractivity contribution in [2.24, 2.45) is 5.92 Å². The maximum absolute atomic E-state index is 12.9. The molecule has 146 valence electrons. The van der Waals surface area contributed by atoms with Gasteiger partial charge in [-0.1, -0.05) is 32.0 Å². The number of rotatable bonds is 9. The first-order chi connectivity index (χ1) is 12.8. The van der Waals surface area contributed by atoms with Gasteiger partial charge in [-0.3, -0.25) is 4.79 Å². The van der Waals surface area contributed by atoms with Crippen LogP contribution in [0.4, 0.5) is 4.39 Å². The molecule has 0 saturated carbocycles. The smallest absolute Gasteiger partial charge is 0.251 e. The van der Waals surface area contributed by atoms with E-state index in [2.05, 4.69) is 10.0 Å². The highest BCUT2D eigenvalue weighted by atomic mass is 32.2. The Morgan fingerprint density at radius 3 is 2.44 bits per heavy atom. The Balaban J connectivity index is 1.95. The van der Waals surface area contributed by atoms with Gasteiger partial charge >= 0.3 is 0 Å². The average molecular weight is 392 g/mol. The Kier molecular flexibility index (Phi) is 7.50. The van der Waals surface area contributed by atoms with Crippen molar-refractivity contribution in [2.75, 3.05) is 13.1 Å². The highest BCUT2D eigenvalue weighted by Crippen LogP contribution is 2.12. The number of carbonyl (C=O) groups is 1. The van der Waals surface area contributed by atoms with E-state index in [1.807, 2.05) is 13.8 Å². The molecule has 0 aliphatic rings. The van der Waals surface area contributed by atoms with Crippen molar-refractivity contribution in [3.05, 3.63) is 65.5 Å². The average Bonchev–Trinajstić information content (AvgIpc) is 2.63. The second-order valence-corrected chi connectivity index (χ2v) is 8.51. The topological polar surface area (TPSA) is 75.3 Å². The van der Waals surface area contributed by atoms with Crippen molar-refractivity contribution >= 4 is 15.9 Å². The van der Waals surface area contributed by atoms with Crippen LogP contribution in [0.3, 0.4) is 0 Å². The lowest BCUT2D eigenvalue weighted by Crippen LogP contribution is -2.27. The quantitative estimate of drug-likeness (QED) is 0.688. The second-order valence-electron chi connectivity index (χ2n) is 6.74. The summed E-state index contributed by atoms with van der Waals surface area (Å²) in [7, 11) is -3.65. The number of sulfonamides is 1. The van der Waals surface area contributed by atoms with E-state index < -0.39 is 10.0 Å². The van der Waals surface area contributed by atoms with E-state index in [4.69, 9.17) is 0 Å². The van der Waals surface area contributed by atoms with Crippen LogP contribution in [0.25, 0.3) is 0 Å². The number of carbonyl (C=O) groups excluding carboxylic acids is 1. The van der Waals surface area contributed by atoms with Gasteiger partial charge in [0.2, 0.25) is 10.0 Å². The summed E-state index contributed by atoms with van der Waals surface area (Å²) >= 11 is 0. The summed E-state index contributed by atoms with van der Waals surface area (Å²) in [6, 6.07) is 12.0. The maximum atomic E-state index is 12.9. The molecule has 0 saturated heterocycles. The zero-order chi connectivity index (χ0) is 19.9. The molecule has 2 N–H and O–H groups in total. The van der Waals surface area contributed by atoms with Gasteiger partial charge < -0.3 is 5.32 Å². The first kappa shape index (κ1) is 21.1. The van der Waals surface area contributed by atoms with Crippen LogP contribution in [-0.2, 0) is 16.4 Å². The molecule has 0 atom stereocenters. The van der Waals surface area contributed by atoms with E-state index in [0.717, 1.165) is 12.0 Å². The molecule has 2 aromatic carbocycles. The molecule has 0 fully saturated rings. The normalized spacial score (nSPS) is 11.6. The molecule has 0 aliphatic carbocycles. The van der Waals surface area contributed by atoms with Crippen molar-refractivity contribution in [1.82, 2.24) is 10.0 Å². The van der Waals surface area contributed by atoms with Crippen LogP contribution in [0.2, 0.25) is 0 Å². The molecule has 0 aromatic heterocycles. The summed E-state index contributed by atoms with van der Waals surface area (Å²) in [5, 5.41) is 2.75. The van der Waals surface area contributed by atoms with E-state index in [9.17, 15) is 17.6 Å². The van der Waals surface area contributed by atoms with Gasteiger partial charge in [0, 0.05) is 18.7 Å². The summed E-state index contributed by atoms with van der Waals surface area (Å²) in [6.45, 7) is 4.76. The summed E-state index contributed by atoms with van der Waals surface area (Å²) in [5.74, 6) is -0.259. The molecule has 1 amide bonds. The lowest BCUT2D eigenvalue weighted by atomic mass is 10.1. The zero-order valence-corrected chi connectivity index (χ0v) is 16.4. The van der Waals surface area contributed by atoms with Gasteiger partial charge in [0.05, 0.1) is 4.90 Å². The van der Waals surface area contributed by atoms with Crippen molar-refractivity contribution in [2.45, 2.75) is 31.6 Å². The van der Waals surface area contributed by atoms with Gasteiger partial charge in [-0.05, 0) is 54.7 Å². The van der Waals surface area contributed by atoms with E-state index in [0.29, 0.717) is 25.4 Å². The fourth-order valence-corrected chi connectivity index (χ4v) is 3.54. The molecule has 7 heteroatoms. The van der Waals surface area contributed by atoms with Crippen molar-refractivity contribution in [3.63, 3.8) is 0 Å². The third-order valence-electron chi connectivity index (χ3n) is 4.03. The third-order valence-corrected chi connectivity index (χ3v) is 5.49. The number of hydrogen-bond acceptors (Lipinski definition) is 3. The number of nitrogens with one attached hydrogen (secondary N) is 2. The van der Waals surface area contributed by atoms with E-state index in [1.54, 1.807) is 24.3 Å². The monoisotopic (exact) mass is 392 g/mol. The standard InChI is InChI=1S/C20H25FN2O3S/c1-15(2)10-13-23-27(25,26)19-5-3-4-17(14-19)20(24)22-12-11-16-6-8-18(21)9-7-16/h3-9,14-15,23H,10-13H2,1-2H3,(H,22,24). The number of halogens is 1. The maximum Gasteiger partial charge on any atom is 0.251 e. The Morgan fingerprint density at radius 1 is 1.07 bits per heavy atom. The Labute approximate surface area is 160 Å². The van der Waals surface area contributed by atoms with Crippen LogP contribution in [0.1, 0.15) is 36.2 Å². The predicted octanol–water partition coefficient (Wildman–Crippen LogP) is 3.12. The van der Waals surface area contributed by atoms with Gasteiger partial charge in [0.25, 0.3) is 5.91 Å².